The number of nitrogens with zero attached hydrogens (tertiary/aromatic N) is 1. The van der Waals surface area contributed by atoms with Crippen molar-refractivity contribution in [1.29, 1.82) is 0 Å². The Hall–Kier alpha value is -2.93. The van der Waals surface area contributed by atoms with Crippen molar-refractivity contribution in [2.45, 2.75) is 76.9 Å². The van der Waals surface area contributed by atoms with Crippen LogP contribution in [0.2, 0.25) is 0 Å². The molecule has 0 radical (unpaired) electrons. The predicted octanol–water partition coefficient (Wildman–Crippen LogP) is 3.24. The molecule has 1 aliphatic carbocycles. The van der Waals surface area contributed by atoms with Gasteiger partial charge in [-0.3, -0.25) is 14.4 Å². The summed E-state index contributed by atoms with van der Waals surface area (Å²) < 4.78 is 6.08. The lowest BCUT2D eigenvalue weighted by molar-refractivity contribution is -0.179. The number of hydrogen-bond acceptors (Lipinski definition) is 4. The average Bonchev–Trinajstić information content (AvgIpc) is 3.29. The molecule has 2 saturated heterocycles. The van der Waals surface area contributed by atoms with Gasteiger partial charge in [0, 0.05) is 11.8 Å². The molecule has 4 rings (SSSR count). The lowest BCUT2D eigenvalue weighted by Crippen LogP contribution is -2.64. The van der Waals surface area contributed by atoms with Crippen LogP contribution in [0.5, 0.6) is 0 Å². The summed E-state index contributed by atoms with van der Waals surface area (Å²) in [4.78, 5) is 41.1. The second-order valence-electron chi connectivity index (χ2n) is 9.54. The molecule has 3 amide bonds. The molecule has 2 N–H and O–H groups in total. The van der Waals surface area contributed by atoms with Crippen LogP contribution in [0.15, 0.2) is 54.6 Å². The first-order valence-corrected chi connectivity index (χ1v) is 12.4. The Morgan fingerprint density at radius 3 is 2.62 bits per heavy atom. The molecule has 2 heterocycles. The summed E-state index contributed by atoms with van der Waals surface area (Å²) in [5, 5.41) is 6.09. The molecular formula is C27H35N3O4. The molecule has 34 heavy (non-hydrogen) atoms. The van der Waals surface area contributed by atoms with Gasteiger partial charge >= 0.3 is 0 Å². The molecule has 3 unspecified atom stereocenters. The predicted molar refractivity (Wildman–Crippen MR) is 129 cm³/mol. The first-order valence-electron chi connectivity index (χ1n) is 12.4. The maximum atomic E-state index is 13.5. The van der Waals surface area contributed by atoms with Gasteiger partial charge in [0.2, 0.25) is 11.8 Å². The molecule has 0 bridgehead atoms. The van der Waals surface area contributed by atoms with Crippen LogP contribution in [0.1, 0.15) is 58.1 Å². The van der Waals surface area contributed by atoms with E-state index in [0.29, 0.717) is 19.3 Å². The first-order chi connectivity index (χ1) is 16.4. The highest BCUT2D eigenvalue weighted by molar-refractivity contribution is 5.94. The molecule has 2 fully saturated rings. The molecule has 0 saturated carbocycles. The number of amides is 3. The van der Waals surface area contributed by atoms with Gasteiger partial charge in [-0.25, -0.2) is 0 Å². The van der Waals surface area contributed by atoms with E-state index in [1.807, 2.05) is 56.3 Å². The molecule has 7 heteroatoms. The van der Waals surface area contributed by atoms with Crippen LogP contribution in [-0.4, -0.2) is 47.0 Å². The third kappa shape index (κ3) is 4.94. The van der Waals surface area contributed by atoms with Crippen molar-refractivity contribution in [2.75, 3.05) is 0 Å². The Morgan fingerprint density at radius 2 is 1.94 bits per heavy atom. The van der Waals surface area contributed by atoms with Crippen molar-refractivity contribution in [3.05, 3.63) is 60.2 Å². The minimum Gasteiger partial charge on any atom is -0.353 e. The highest BCUT2D eigenvalue weighted by atomic mass is 16.5. The van der Waals surface area contributed by atoms with Crippen LogP contribution in [0.4, 0.5) is 0 Å². The fraction of sp³-hybridized carbons (Fsp3) is 0.519. The molecule has 1 aromatic rings. The van der Waals surface area contributed by atoms with Gasteiger partial charge in [0.15, 0.2) is 0 Å². The minimum atomic E-state index is -0.789. The summed E-state index contributed by atoms with van der Waals surface area (Å²) in [6.45, 7) is 5.57. The van der Waals surface area contributed by atoms with Crippen molar-refractivity contribution in [2.24, 2.45) is 11.8 Å². The molecule has 2 aliphatic heterocycles. The number of nitrogens with one attached hydrogen (secondary N) is 2. The smallest absolute Gasteiger partial charge is 0.250 e. The van der Waals surface area contributed by atoms with Crippen molar-refractivity contribution in [3.8, 4) is 0 Å². The van der Waals surface area contributed by atoms with Gasteiger partial charge in [-0.15, -0.1) is 0 Å². The van der Waals surface area contributed by atoms with Gasteiger partial charge in [0.25, 0.3) is 5.91 Å². The highest BCUT2D eigenvalue weighted by Crippen LogP contribution is 2.34. The number of rotatable bonds is 7. The van der Waals surface area contributed by atoms with Gasteiger partial charge < -0.3 is 20.3 Å². The third-order valence-corrected chi connectivity index (χ3v) is 7.25. The second kappa shape index (κ2) is 10.6. The molecule has 182 valence electrons. The molecule has 7 nitrogen and oxygen atoms in total. The van der Waals surface area contributed by atoms with E-state index in [9.17, 15) is 14.4 Å². The molecule has 0 aromatic heterocycles. The number of allylic oxidation sites excluding steroid dienone is 3. The molecular weight excluding hydrogens is 430 g/mol. The van der Waals surface area contributed by atoms with Crippen LogP contribution in [0.3, 0.4) is 0 Å². The maximum Gasteiger partial charge on any atom is 0.250 e. The van der Waals surface area contributed by atoms with Gasteiger partial charge in [0.05, 0.1) is 12.1 Å². The van der Waals surface area contributed by atoms with E-state index in [1.54, 1.807) is 11.8 Å². The van der Waals surface area contributed by atoms with E-state index in [4.69, 9.17) is 4.74 Å². The quantitative estimate of drug-likeness (QED) is 0.647. The molecule has 7 atom stereocenters. The average molecular weight is 466 g/mol. The fourth-order valence-corrected chi connectivity index (χ4v) is 5.01. The van der Waals surface area contributed by atoms with E-state index in [-0.39, 0.29) is 35.6 Å². The van der Waals surface area contributed by atoms with Gasteiger partial charge in [-0.2, -0.15) is 0 Å². The van der Waals surface area contributed by atoms with Crippen molar-refractivity contribution < 1.29 is 19.1 Å². The zero-order valence-electron chi connectivity index (χ0n) is 20.1. The Kier molecular flexibility index (Phi) is 7.51. The Balaban J connectivity index is 1.51. The number of hydrogen-bond donors (Lipinski definition) is 2. The Bertz CT molecular complexity index is 960. The number of fused-ring (bicyclic) bond motifs is 1. The van der Waals surface area contributed by atoms with Gasteiger partial charge in [-0.05, 0) is 38.2 Å². The first kappa shape index (κ1) is 24.2. The number of carbonyl (C=O) groups is 3. The van der Waals surface area contributed by atoms with Crippen LogP contribution < -0.4 is 10.6 Å². The fourth-order valence-electron chi connectivity index (χ4n) is 5.01. The SMILES string of the molecule is CC[C@@H](C)C(=O)N[C@@H]1C(=O)N2C(C(=O)NC(c3ccccc3)C3C=CC=CC3)CC[C@@H]2O[C@@H]1C. The van der Waals surface area contributed by atoms with E-state index < -0.39 is 24.4 Å². The topological polar surface area (TPSA) is 87.7 Å². The van der Waals surface area contributed by atoms with Crippen LogP contribution in [0.25, 0.3) is 0 Å². The molecule has 0 spiro atoms. The third-order valence-electron chi connectivity index (χ3n) is 7.25. The summed E-state index contributed by atoms with van der Waals surface area (Å²) in [6, 6.07) is 8.32. The lowest BCUT2D eigenvalue weighted by Gasteiger charge is -2.41. The van der Waals surface area contributed by atoms with E-state index in [0.717, 1.165) is 12.0 Å². The van der Waals surface area contributed by atoms with Crippen molar-refractivity contribution in [3.63, 3.8) is 0 Å². The molecule has 3 aliphatic rings. The zero-order valence-corrected chi connectivity index (χ0v) is 20.1. The largest absolute Gasteiger partial charge is 0.353 e. The van der Waals surface area contributed by atoms with Crippen LogP contribution in [-0.2, 0) is 19.1 Å². The summed E-state index contributed by atoms with van der Waals surface area (Å²) in [6.07, 6.45) is 10.0. The summed E-state index contributed by atoms with van der Waals surface area (Å²) in [7, 11) is 0. The lowest BCUT2D eigenvalue weighted by atomic mass is 9.87. The Labute approximate surface area is 201 Å². The van der Waals surface area contributed by atoms with Crippen molar-refractivity contribution in [1.82, 2.24) is 15.5 Å². The standard InChI is InChI=1S/C27H35N3O4/c1-4-17(2)25(31)28-23-18(3)34-22-16-15-21(30(22)27(23)33)26(32)29-24(19-11-7-5-8-12-19)20-13-9-6-10-14-20/h5-13,17-18,20-24H,4,14-16H2,1-3H3,(H,28,31)(H,29,32)/t17-,18-,20?,21?,22+,23+,24?/m1/s1. The summed E-state index contributed by atoms with van der Waals surface area (Å²) in [5.41, 5.74) is 1.03. The van der Waals surface area contributed by atoms with Crippen LogP contribution >= 0.6 is 0 Å². The maximum absolute atomic E-state index is 13.5. The molecule has 1 aromatic carbocycles. The summed E-state index contributed by atoms with van der Waals surface area (Å²) >= 11 is 0. The zero-order chi connectivity index (χ0) is 24.2. The number of carbonyl (C=O) groups excluding carboxylic acids is 3. The van der Waals surface area contributed by atoms with Gasteiger partial charge in [-0.1, -0.05) is 68.5 Å². The monoisotopic (exact) mass is 465 g/mol. The number of benzene rings is 1. The summed E-state index contributed by atoms with van der Waals surface area (Å²) in [5.74, 6) is -0.659. The Morgan fingerprint density at radius 1 is 1.18 bits per heavy atom. The minimum absolute atomic E-state index is 0.129. The number of ether oxygens (including phenoxy) is 1. The highest BCUT2D eigenvalue weighted by Gasteiger charge is 2.50. The normalized spacial score (nSPS) is 29.9. The van der Waals surface area contributed by atoms with Crippen LogP contribution in [0, 0.1) is 11.8 Å². The van der Waals surface area contributed by atoms with E-state index in [2.05, 4.69) is 22.8 Å². The van der Waals surface area contributed by atoms with E-state index >= 15 is 0 Å². The second-order valence-corrected chi connectivity index (χ2v) is 9.54. The van der Waals surface area contributed by atoms with Crippen molar-refractivity contribution >= 4 is 17.7 Å². The van der Waals surface area contributed by atoms with Gasteiger partial charge in [0.1, 0.15) is 18.3 Å². The van der Waals surface area contributed by atoms with E-state index in [1.165, 1.54) is 0 Å².